The topological polar surface area (TPSA) is 42.7 Å². The van der Waals surface area contributed by atoms with Gasteiger partial charge in [0.05, 0.1) is 7.11 Å². The van der Waals surface area contributed by atoms with E-state index >= 15 is 0 Å². The molecule has 0 spiro atoms. The Morgan fingerprint density at radius 3 is 2.68 bits per heavy atom. The number of anilines is 1. The minimum Gasteiger partial charge on any atom is -0.463 e. The van der Waals surface area contributed by atoms with Gasteiger partial charge < -0.3 is 14.1 Å². The molecule has 0 radical (unpaired) electrons. The summed E-state index contributed by atoms with van der Waals surface area (Å²) in [5.41, 5.74) is 2.25. The Morgan fingerprint density at radius 2 is 2.05 bits per heavy atom. The molecular formula is C15H17NO3. The zero-order valence-electron chi connectivity index (χ0n) is 11.4. The summed E-state index contributed by atoms with van der Waals surface area (Å²) < 4.78 is 10.2. The summed E-state index contributed by atoms with van der Waals surface area (Å²) in [6.07, 6.45) is 0. The van der Waals surface area contributed by atoms with Crippen molar-refractivity contribution in [2.24, 2.45) is 5.41 Å². The first-order valence-corrected chi connectivity index (χ1v) is 6.35. The first-order valence-electron chi connectivity index (χ1n) is 6.35. The number of esters is 1. The maximum Gasteiger partial charge on any atom is 0.373 e. The van der Waals surface area contributed by atoms with Crippen molar-refractivity contribution < 1.29 is 13.9 Å². The number of benzene rings is 1. The lowest BCUT2D eigenvalue weighted by Crippen LogP contribution is -2.53. The van der Waals surface area contributed by atoms with E-state index in [1.165, 1.54) is 7.11 Å². The van der Waals surface area contributed by atoms with Crippen molar-refractivity contribution in [3.8, 4) is 0 Å². The van der Waals surface area contributed by atoms with Gasteiger partial charge in [-0.15, -0.1) is 0 Å². The Labute approximate surface area is 111 Å². The number of hydrogen-bond acceptors (Lipinski definition) is 4. The summed E-state index contributed by atoms with van der Waals surface area (Å²) in [5.74, 6) is -0.193. The van der Waals surface area contributed by atoms with Crippen molar-refractivity contribution in [3.63, 3.8) is 0 Å². The third kappa shape index (κ3) is 2.07. The Hall–Kier alpha value is -1.97. The second kappa shape index (κ2) is 4.02. The second-order valence-electron chi connectivity index (χ2n) is 5.84. The highest BCUT2D eigenvalue weighted by atomic mass is 16.5. The zero-order valence-corrected chi connectivity index (χ0v) is 11.4. The van der Waals surface area contributed by atoms with Crippen LogP contribution in [0, 0.1) is 5.41 Å². The molecule has 19 heavy (non-hydrogen) atoms. The van der Waals surface area contributed by atoms with Crippen molar-refractivity contribution in [1.29, 1.82) is 0 Å². The second-order valence-corrected chi connectivity index (χ2v) is 5.84. The van der Waals surface area contributed by atoms with Gasteiger partial charge in [-0.1, -0.05) is 13.8 Å². The van der Waals surface area contributed by atoms with Crippen molar-refractivity contribution in [3.05, 3.63) is 30.0 Å². The molecule has 3 rings (SSSR count). The number of carbonyl (C=O) groups excluding carboxylic acids is 1. The molecule has 1 aromatic heterocycles. The fourth-order valence-electron chi connectivity index (χ4n) is 2.59. The number of methoxy groups -OCH3 is 1. The van der Waals surface area contributed by atoms with Gasteiger partial charge in [0.15, 0.2) is 0 Å². The van der Waals surface area contributed by atoms with Gasteiger partial charge in [-0.3, -0.25) is 0 Å². The van der Waals surface area contributed by atoms with Crippen LogP contribution in [-0.4, -0.2) is 26.2 Å². The number of rotatable bonds is 2. The number of hydrogen-bond donors (Lipinski definition) is 0. The van der Waals surface area contributed by atoms with Crippen molar-refractivity contribution in [2.75, 3.05) is 25.1 Å². The molecule has 0 saturated carbocycles. The zero-order chi connectivity index (χ0) is 13.6. The quantitative estimate of drug-likeness (QED) is 0.777. The summed E-state index contributed by atoms with van der Waals surface area (Å²) in [4.78, 5) is 13.7. The normalized spacial score (nSPS) is 17.3. The maximum absolute atomic E-state index is 11.4. The molecule has 0 bridgehead atoms. The summed E-state index contributed by atoms with van der Waals surface area (Å²) in [5, 5.41) is 0.920. The third-order valence-corrected chi connectivity index (χ3v) is 3.49. The van der Waals surface area contributed by atoms with E-state index in [2.05, 4.69) is 29.6 Å². The Balaban J connectivity index is 1.91. The standard InChI is InChI=1S/C15H17NO3/c1-15(2)8-16(9-15)11-5-4-10-6-13(14(17)18-3)19-12(10)7-11/h4-7H,8-9H2,1-3H3. The van der Waals surface area contributed by atoms with Crippen LogP contribution in [0.25, 0.3) is 11.0 Å². The molecule has 0 atom stereocenters. The summed E-state index contributed by atoms with van der Waals surface area (Å²) >= 11 is 0. The van der Waals surface area contributed by atoms with Crippen LogP contribution in [-0.2, 0) is 4.74 Å². The fraction of sp³-hybridized carbons (Fsp3) is 0.400. The van der Waals surface area contributed by atoms with Gasteiger partial charge in [0, 0.05) is 30.2 Å². The molecule has 0 N–H and O–H groups in total. The molecule has 1 saturated heterocycles. The summed E-state index contributed by atoms with van der Waals surface area (Å²) in [6.45, 7) is 6.60. The lowest BCUT2D eigenvalue weighted by Gasteiger charge is -2.47. The van der Waals surface area contributed by atoms with Gasteiger partial charge in [-0.2, -0.15) is 0 Å². The SMILES string of the molecule is COC(=O)c1cc2ccc(N3CC(C)(C)C3)cc2o1. The highest BCUT2D eigenvalue weighted by Gasteiger charge is 2.34. The summed E-state index contributed by atoms with van der Waals surface area (Å²) in [6, 6.07) is 7.74. The fourth-order valence-corrected chi connectivity index (χ4v) is 2.59. The molecule has 4 nitrogen and oxygen atoms in total. The van der Waals surface area contributed by atoms with Crippen LogP contribution in [0.2, 0.25) is 0 Å². The molecule has 0 aliphatic carbocycles. The Kier molecular flexibility index (Phi) is 2.55. The van der Waals surface area contributed by atoms with Gasteiger partial charge in [-0.25, -0.2) is 4.79 Å². The van der Waals surface area contributed by atoms with Crippen LogP contribution in [0.5, 0.6) is 0 Å². The van der Waals surface area contributed by atoms with E-state index in [0.717, 1.165) is 29.7 Å². The highest BCUT2D eigenvalue weighted by molar-refractivity contribution is 5.93. The van der Waals surface area contributed by atoms with Crippen LogP contribution < -0.4 is 4.90 Å². The van der Waals surface area contributed by atoms with E-state index in [9.17, 15) is 4.79 Å². The molecule has 1 aliphatic heterocycles. The van der Waals surface area contributed by atoms with Crippen LogP contribution in [0.4, 0.5) is 5.69 Å². The van der Waals surface area contributed by atoms with Crippen molar-refractivity contribution in [1.82, 2.24) is 0 Å². The molecule has 1 fully saturated rings. The average molecular weight is 259 g/mol. The van der Waals surface area contributed by atoms with E-state index in [0.29, 0.717) is 5.41 Å². The van der Waals surface area contributed by atoms with E-state index in [1.807, 2.05) is 12.1 Å². The minimum atomic E-state index is -0.442. The first-order chi connectivity index (χ1) is 8.98. The Morgan fingerprint density at radius 1 is 1.32 bits per heavy atom. The van der Waals surface area contributed by atoms with Crippen LogP contribution >= 0.6 is 0 Å². The smallest absolute Gasteiger partial charge is 0.373 e. The molecule has 2 heterocycles. The van der Waals surface area contributed by atoms with Crippen LogP contribution in [0.1, 0.15) is 24.4 Å². The van der Waals surface area contributed by atoms with Crippen molar-refractivity contribution in [2.45, 2.75) is 13.8 Å². The molecule has 1 aliphatic rings. The number of nitrogens with zero attached hydrogens (tertiary/aromatic N) is 1. The van der Waals surface area contributed by atoms with Crippen LogP contribution in [0.3, 0.4) is 0 Å². The van der Waals surface area contributed by atoms with E-state index < -0.39 is 5.97 Å². The number of carbonyl (C=O) groups is 1. The molecule has 100 valence electrons. The van der Waals surface area contributed by atoms with Gasteiger partial charge in [-0.05, 0) is 23.6 Å². The van der Waals surface area contributed by atoms with E-state index in [4.69, 9.17) is 4.42 Å². The number of ether oxygens (including phenoxy) is 1. The maximum atomic E-state index is 11.4. The first kappa shape index (κ1) is 12.1. The molecule has 2 aromatic rings. The van der Waals surface area contributed by atoms with Crippen LogP contribution in [0.15, 0.2) is 28.7 Å². The summed E-state index contributed by atoms with van der Waals surface area (Å²) in [7, 11) is 1.35. The minimum absolute atomic E-state index is 0.249. The molecule has 0 unspecified atom stereocenters. The van der Waals surface area contributed by atoms with Crippen molar-refractivity contribution >= 4 is 22.6 Å². The third-order valence-electron chi connectivity index (χ3n) is 3.49. The predicted octanol–water partition coefficient (Wildman–Crippen LogP) is 3.07. The van der Waals surface area contributed by atoms with Gasteiger partial charge >= 0.3 is 5.97 Å². The molecule has 1 aromatic carbocycles. The highest BCUT2D eigenvalue weighted by Crippen LogP contribution is 2.35. The lowest BCUT2D eigenvalue weighted by molar-refractivity contribution is 0.0567. The van der Waals surface area contributed by atoms with Gasteiger partial charge in [0.2, 0.25) is 5.76 Å². The van der Waals surface area contributed by atoms with Gasteiger partial charge in [0.25, 0.3) is 0 Å². The molecular weight excluding hydrogens is 242 g/mol. The van der Waals surface area contributed by atoms with Gasteiger partial charge in [0.1, 0.15) is 5.58 Å². The average Bonchev–Trinajstić information content (AvgIpc) is 2.77. The monoisotopic (exact) mass is 259 g/mol. The lowest BCUT2D eigenvalue weighted by atomic mass is 9.84. The Bertz CT molecular complexity index is 634. The number of fused-ring (bicyclic) bond motifs is 1. The largest absolute Gasteiger partial charge is 0.463 e. The van der Waals surface area contributed by atoms with E-state index in [-0.39, 0.29) is 5.76 Å². The molecule has 4 heteroatoms. The van der Waals surface area contributed by atoms with E-state index in [1.54, 1.807) is 6.07 Å². The molecule has 0 amide bonds. The predicted molar refractivity (Wildman–Crippen MR) is 73.5 cm³/mol. The number of furan rings is 1.